The van der Waals surface area contributed by atoms with Crippen LogP contribution >= 0.6 is 0 Å². The summed E-state index contributed by atoms with van der Waals surface area (Å²) in [6.45, 7) is 9.43. The monoisotopic (exact) mass is 530 g/mol. The number of nitrogens with one attached hydrogen (secondary N) is 2. The van der Waals surface area contributed by atoms with Crippen LogP contribution in [0.3, 0.4) is 0 Å². The van der Waals surface area contributed by atoms with Gasteiger partial charge in [-0.1, -0.05) is 12.1 Å². The highest BCUT2D eigenvalue weighted by Crippen LogP contribution is 2.23. The van der Waals surface area contributed by atoms with Crippen molar-refractivity contribution in [2.45, 2.75) is 34.6 Å². The first-order valence-electron chi connectivity index (χ1n) is 12.4. The van der Waals surface area contributed by atoms with E-state index in [2.05, 4.69) is 21.1 Å². The van der Waals surface area contributed by atoms with Crippen molar-refractivity contribution in [1.29, 1.82) is 0 Å². The van der Waals surface area contributed by atoms with Crippen molar-refractivity contribution in [2.75, 3.05) is 20.3 Å². The number of methoxy groups -OCH3 is 1. The van der Waals surface area contributed by atoms with E-state index in [1.165, 1.54) is 19.5 Å². The third-order valence-corrected chi connectivity index (χ3v) is 5.41. The quantitative estimate of drug-likeness (QED) is 0.284. The Balaban J connectivity index is 1.57. The maximum absolute atomic E-state index is 12.2. The third-order valence-electron chi connectivity index (χ3n) is 5.41. The maximum Gasteiger partial charge on any atom is 0.277 e. The van der Waals surface area contributed by atoms with Gasteiger partial charge in [-0.3, -0.25) is 9.59 Å². The van der Waals surface area contributed by atoms with Gasteiger partial charge in [-0.2, -0.15) is 10.2 Å². The number of hydrogen-bond acceptors (Lipinski definition) is 7. The van der Waals surface area contributed by atoms with E-state index in [9.17, 15) is 9.59 Å². The first-order valence-corrected chi connectivity index (χ1v) is 12.4. The summed E-state index contributed by atoms with van der Waals surface area (Å²) in [5.74, 6) is 0.934. The van der Waals surface area contributed by atoms with E-state index in [4.69, 9.17) is 14.2 Å². The second-order valence-corrected chi connectivity index (χ2v) is 9.29. The van der Waals surface area contributed by atoms with Crippen molar-refractivity contribution in [3.05, 3.63) is 87.5 Å². The molecule has 0 atom stereocenters. The molecule has 0 saturated carbocycles. The summed E-state index contributed by atoms with van der Waals surface area (Å²) in [6, 6.07) is 15.2. The molecule has 39 heavy (non-hydrogen) atoms. The molecule has 3 rings (SSSR count). The summed E-state index contributed by atoms with van der Waals surface area (Å²) in [6.07, 6.45) is 2.96. The molecule has 0 saturated heterocycles. The fourth-order valence-corrected chi connectivity index (χ4v) is 4.00. The minimum Gasteiger partial charge on any atom is -0.495 e. The van der Waals surface area contributed by atoms with Crippen LogP contribution in [0.2, 0.25) is 0 Å². The summed E-state index contributed by atoms with van der Waals surface area (Å²) in [7, 11) is 1.52. The largest absolute Gasteiger partial charge is 0.495 e. The predicted molar refractivity (Wildman–Crippen MR) is 152 cm³/mol. The standard InChI is InChI=1S/C30H34N4O5/c1-19-7-20(2)12-26(11-19)38-17-28(35)33-31-15-24-9-23(5)10-25(30(24)37-6)16-32-34-29(36)18-39-27-13-21(3)8-22(4)14-27/h7-16H,17-18H2,1-6H3,(H,33,35)(H,34,36). The number of hydrogen-bond donors (Lipinski definition) is 2. The molecule has 3 aromatic rings. The fourth-order valence-electron chi connectivity index (χ4n) is 4.00. The van der Waals surface area contributed by atoms with Crippen molar-refractivity contribution < 1.29 is 23.8 Å². The highest BCUT2D eigenvalue weighted by Gasteiger charge is 2.09. The van der Waals surface area contributed by atoms with Gasteiger partial charge in [0.2, 0.25) is 0 Å². The van der Waals surface area contributed by atoms with E-state index in [0.717, 1.165) is 27.8 Å². The molecule has 3 aromatic carbocycles. The number of nitrogens with zero attached hydrogens (tertiary/aromatic N) is 2. The smallest absolute Gasteiger partial charge is 0.277 e. The second-order valence-electron chi connectivity index (χ2n) is 9.29. The number of carbonyl (C=O) groups excluding carboxylic acids is 2. The van der Waals surface area contributed by atoms with Crippen LogP contribution in [-0.4, -0.2) is 44.6 Å². The summed E-state index contributed by atoms with van der Waals surface area (Å²) in [5.41, 5.74) is 11.3. The first-order chi connectivity index (χ1) is 18.6. The second kappa shape index (κ2) is 13.8. The van der Waals surface area contributed by atoms with E-state index in [1.807, 2.05) is 83.1 Å². The number of carbonyl (C=O) groups is 2. The SMILES string of the molecule is COc1c(C=NNC(=O)COc2cc(C)cc(C)c2)cc(C)cc1C=NNC(=O)COc1cc(C)cc(C)c1. The number of ether oxygens (including phenoxy) is 3. The molecule has 0 unspecified atom stereocenters. The fraction of sp³-hybridized carbons (Fsp3) is 0.267. The zero-order valence-electron chi connectivity index (χ0n) is 23.1. The molecule has 0 aliphatic heterocycles. The average molecular weight is 531 g/mol. The van der Waals surface area contributed by atoms with Crippen molar-refractivity contribution in [2.24, 2.45) is 10.2 Å². The van der Waals surface area contributed by atoms with Gasteiger partial charge in [-0.15, -0.1) is 0 Å². The number of rotatable bonds is 11. The molecule has 9 heteroatoms. The third kappa shape index (κ3) is 9.30. The molecule has 2 amide bonds. The van der Waals surface area contributed by atoms with Crippen LogP contribution in [0.15, 0.2) is 58.7 Å². The van der Waals surface area contributed by atoms with Crippen molar-refractivity contribution in [3.63, 3.8) is 0 Å². The molecular formula is C30H34N4O5. The maximum atomic E-state index is 12.2. The van der Waals surface area contributed by atoms with Crippen molar-refractivity contribution in [1.82, 2.24) is 10.9 Å². The van der Waals surface area contributed by atoms with Gasteiger partial charge < -0.3 is 14.2 Å². The number of aryl methyl sites for hydroxylation is 5. The zero-order valence-corrected chi connectivity index (χ0v) is 23.1. The molecule has 9 nitrogen and oxygen atoms in total. The van der Waals surface area contributed by atoms with Crippen LogP contribution in [0, 0.1) is 34.6 Å². The van der Waals surface area contributed by atoms with Gasteiger partial charge >= 0.3 is 0 Å². The highest BCUT2D eigenvalue weighted by atomic mass is 16.5. The van der Waals surface area contributed by atoms with E-state index >= 15 is 0 Å². The summed E-state index contributed by atoms with van der Waals surface area (Å²) in [4.78, 5) is 24.4. The average Bonchev–Trinajstić information content (AvgIpc) is 2.85. The Hall–Kier alpha value is -4.66. The molecule has 0 aromatic heterocycles. The van der Waals surface area contributed by atoms with E-state index < -0.39 is 11.8 Å². The molecule has 0 radical (unpaired) electrons. The van der Waals surface area contributed by atoms with Crippen molar-refractivity contribution >= 4 is 24.2 Å². The van der Waals surface area contributed by atoms with Crippen LogP contribution < -0.4 is 25.1 Å². The molecule has 0 spiro atoms. The van der Waals surface area contributed by atoms with Crippen LogP contribution in [0.5, 0.6) is 17.2 Å². The lowest BCUT2D eigenvalue weighted by atomic mass is 10.1. The molecule has 0 bridgehead atoms. The van der Waals surface area contributed by atoms with Gasteiger partial charge in [0.25, 0.3) is 11.8 Å². The van der Waals surface area contributed by atoms with Gasteiger partial charge in [0.05, 0.1) is 19.5 Å². The summed E-state index contributed by atoms with van der Waals surface area (Å²) < 4.78 is 16.7. The van der Waals surface area contributed by atoms with Crippen molar-refractivity contribution in [3.8, 4) is 17.2 Å². The minimum atomic E-state index is -0.399. The molecule has 0 heterocycles. The van der Waals surface area contributed by atoms with Crippen LogP contribution in [0.4, 0.5) is 0 Å². The zero-order chi connectivity index (χ0) is 28.4. The highest BCUT2D eigenvalue weighted by molar-refractivity contribution is 5.93. The predicted octanol–water partition coefficient (Wildman–Crippen LogP) is 4.30. The Labute approximate surface area is 228 Å². The van der Waals surface area contributed by atoms with Crippen LogP contribution in [0.25, 0.3) is 0 Å². The van der Waals surface area contributed by atoms with Gasteiger partial charge in [0.1, 0.15) is 17.2 Å². The normalized spacial score (nSPS) is 11.0. The number of hydrazone groups is 2. The van der Waals surface area contributed by atoms with E-state index in [0.29, 0.717) is 28.4 Å². The van der Waals surface area contributed by atoms with Gasteiger partial charge in [-0.05, 0) is 98.8 Å². The summed E-state index contributed by atoms with van der Waals surface area (Å²) >= 11 is 0. The Morgan fingerprint density at radius 3 is 1.36 bits per heavy atom. The Morgan fingerprint density at radius 1 is 0.641 bits per heavy atom. The lowest BCUT2D eigenvalue weighted by Crippen LogP contribution is -2.24. The Kier molecular flexibility index (Phi) is 10.2. The minimum absolute atomic E-state index is 0.171. The summed E-state index contributed by atoms with van der Waals surface area (Å²) in [5, 5.41) is 8.08. The van der Waals surface area contributed by atoms with Gasteiger partial charge in [-0.25, -0.2) is 10.9 Å². The lowest BCUT2D eigenvalue weighted by molar-refractivity contribution is -0.123. The topological polar surface area (TPSA) is 111 Å². The Morgan fingerprint density at radius 2 is 1.00 bits per heavy atom. The van der Waals surface area contributed by atoms with E-state index in [1.54, 1.807) is 0 Å². The van der Waals surface area contributed by atoms with Crippen LogP contribution in [-0.2, 0) is 9.59 Å². The molecule has 0 aliphatic carbocycles. The molecular weight excluding hydrogens is 496 g/mol. The molecule has 2 N–H and O–H groups in total. The molecule has 204 valence electrons. The molecule has 0 fully saturated rings. The van der Waals surface area contributed by atoms with Gasteiger partial charge in [0.15, 0.2) is 13.2 Å². The Bertz CT molecular complexity index is 1260. The van der Waals surface area contributed by atoms with Crippen LogP contribution in [0.1, 0.15) is 38.9 Å². The molecule has 0 aliphatic rings. The lowest BCUT2D eigenvalue weighted by Gasteiger charge is -2.10. The number of benzene rings is 3. The first kappa shape index (κ1) is 28.9. The van der Waals surface area contributed by atoms with E-state index in [-0.39, 0.29) is 13.2 Å². The van der Waals surface area contributed by atoms with Gasteiger partial charge in [0, 0.05) is 11.1 Å². The number of amides is 2.